The van der Waals surface area contributed by atoms with Crippen molar-refractivity contribution >= 4 is 15.7 Å². The highest BCUT2D eigenvalue weighted by Crippen LogP contribution is 2.29. The Morgan fingerprint density at radius 3 is 2.48 bits per heavy atom. The predicted octanol–water partition coefficient (Wildman–Crippen LogP) is 2.65. The van der Waals surface area contributed by atoms with Gasteiger partial charge >= 0.3 is 0 Å². The Balaban J connectivity index is 1.62. The van der Waals surface area contributed by atoms with Crippen LogP contribution in [0.25, 0.3) is 0 Å². The van der Waals surface area contributed by atoms with Gasteiger partial charge in [0.05, 0.1) is 19.1 Å². The minimum atomic E-state index is -3.65. The summed E-state index contributed by atoms with van der Waals surface area (Å²) in [6.45, 7) is 1.88. The van der Waals surface area contributed by atoms with Crippen LogP contribution in [-0.2, 0) is 10.0 Å². The lowest BCUT2D eigenvalue weighted by atomic mass is 10.1. The number of rotatable bonds is 7. The highest BCUT2D eigenvalue weighted by Gasteiger charge is 2.25. The molecule has 3 rings (SSSR count). The summed E-state index contributed by atoms with van der Waals surface area (Å²) in [5, 5.41) is 0. The smallest absolute Gasteiger partial charge is 0.240 e. The van der Waals surface area contributed by atoms with Crippen molar-refractivity contribution in [2.24, 2.45) is 5.92 Å². The number of halogens is 1. The molecule has 1 atom stereocenters. The van der Waals surface area contributed by atoms with E-state index in [0.29, 0.717) is 18.0 Å². The molecule has 0 bridgehead atoms. The van der Waals surface area contributed by atoms with E-state index in [9.17, 15) is 12.8 Å². The summed E-state index contributed by atoms with van der Waals surface area (Å²) in [5.74, 6) is 0.757. The van der Waals surface area contributed by atoms with E-state index in [1.54, 1.807) is 18.2 Å². The van der Waals surface area contributed by atoms with Crippen LogP contribution in [0.15, 0.2) is 47.4 Å². The first-order valence-electron chi connectivity index (χ1n) is 8.65. The highest BCUT2D eigenvalue weighted by atomic mass is 32.2. The van der Waals surface area contributed by atoms with Crippen LogP contribution >= 0.6 is 0 Å². The number of hydrogen-bond acceptors (Lipinski definition) is 5. The topological polar surface area (TPSA) is 67.9 Å². The van der Waals surface area contributed by atoms with Crippen molar-refractivity contribution in [3.8, 4) is 11.5 Å². The molecule has 0 amide bonds. The molecule has 1 aliphatic heterocycles. The predicted molar refractivity (Wildman–Crippen MR) is 101 cm³/mol. The number of nitrogens with one attached hydrogen (secondary N) is 1. The summed E-state index contributed by atoms with van der Waals surface area (Å²) in [4.78, 5) is 2.27. The molecule has 146 valence electrons. The van der Waals surface area contributed by atoms with Crippen LogP contribution in [0, 0.1) is 11.7 Å². The van der Waals surface area contributed by atoms with E-state index in [-0.39, 0.29) is 16.6 Å². The van der Waals surface area contributed by atoms with Crippen LogP contribution < -0.4 is 19.1 Å². The van der Waals surface area contributed by atoms with Crippen LogP contribution in [-0.4, -0.2) is 42.3 Å². The normalized spacial score (nSPS) is 17.1. The fourth-order valence-corrected chi connectivity index (χ4v) is 4.31. The molecule has 6 nitrogen and oxygen atoms in total. The molecule has 1 fully saturated rings. The molecule has 0 aromatic heterocycles. The van der Waals surface area contributed by atoms with Gasteiger partial charge < -0.3 is 14.4 Å². The third-order valence-corrected chi connectivity index (χ3v) is 6.13. The second kappa shape index (κ2) is 8.14. The van der Waals surface area contributed by atoms with E-state index in [2.05, 4.69) is 9.62 Å². The monoisotopic (exact) mass is 394 g/mol. The SMILES string of the molecule is COc1ccc(S(=O)(=O)NCC2CCN(c3ccc(F)cc3)C2)cc1OC. The molecule has 8 heteroatoms. The molecule has 1 aliphatic rings. The third kappa shape index (κ3) is 4.51. The Morgan fingerprint density at radius 2 is 1.81 bits per heavy atom. The van der Waals surface area contributed by atoms with Crippen molar-refractivity contribution in [3.63, 3.8) is 0 Å². The average molecular weight is 394 g/mol. The van der Waals surface area contributed by atoms with E-state index in [0.717, 1.165) is 25.2 Å². The first kappa shape index (κ1) is 19.4. The number of sulfonamides is 1. The van der Waals surface area contributed by atoms with E-state index in [4.69, 9.17) is 9.47 Å². The fraction of sp³-hybridized carbons (Fsp3) is 0.368. The largest absolute Gasteiger partial charge is 0.493 e. The van der Waals surface area contributed by atoms with Crippen LogP contribution in [0.5, 0.6) is 11.5 Å². The fourth-order valence-electron chi connectivity index (χ4n) is 3.18. The van der Waals surface area contributed by atoms with Crippen LogP contribution in [0.4, 0.5) is 10.1 Å². The quantitative estimate of drug-likeness (QED) is 0.782. The van der Waals surface area contributed by atoms with Gasteiger partial charge in [0.1, 0.15) is 5.82 Å². The standard InChI is InChI=1S/C19H23FN2O4S/c1-25-18-8-7-17(11-19(18)26-2)27(23,24)21-12-14-9-10-22(13-14)16-5-3-15(20)4-6-16/h3-8,11,14,21H,9-10,12-13H2,1-2H3. The summed E-state index contributed by atoms with van der Waals surface area (Å²) in [6.07, 6.45) is 0.867. The Labute approximate surface area is 159 Å². The van der Waals surface area contributed by atoms with Gasteiger partial charge in [-0.15, -0.1) is 0 Å². The Hall–Kier alpha value is -2.32. The van der Waals surface area contributed by atoms with Crippen molar-refractivity contribution < 1.29 is 22.3 Å². The van der Waals surface area contributed by atoms with Gasteiger partial charge in [-0.3, -0.25) is 0 Å². The molecular formula is C19H23FN2O4S. The number of anilines is 1. The zero-order valence-electron chi connectivity index (χ0n) is 15.3. The first-order chi connectivity index (χ1) is 12.9. The van der Waals surface area contributed by atoms with Crippen molar-refractivity contribution in [3.05, 3.63) is 48.3 Å². The van der Waals surface area contributed by atoms with E-state index >= 15 is 0 Å². The highest BCUT2D eigenvalue weighted by molar-refractivity contribution is 7.89. The van der Waals surface area contributed by atoms with Crippen LogP contribution in [0.1, 0.15) is 6.42 Å². The minimum absolute atomic E-state index is 0.133. The maximum atomic E-state index is 13.1. The molecule has 0 spiro atoms. The van der Waals surface area contributed by atoms with Gasteiger partial charge in [0, 0.05) is 31.4 Å². The Morgan fingerprint density at radius 1 is 1.11 bits per heavy atom. The molecule has 2 aromatic rings. The maximum absolute atomic E-state index is 13.1. The van der Waals surface area contributed by atoms with Crippen LogP contribution in [0.2, 0.25) is 0 Å². The lowest BCUT2D eigenvalue weighted by Crippen LogP contribution is -2.31. The molecule has 1 saturated heterocycles. The number of hydrogen-bond donors (Lipinski definition) is 1. The summed E-state index contributed by atoms with van der Waals surface area (Å²) in [5.41, 5.74) is 0.946. The number of nitrogens with zero attached hydrogens (tertiary/aromatic N) is 1. The van der Waals surface area contributed by atoms with E-state index < -0.39 is 10.0 Å². The summed E-state index contributed by atoms with van der Waals surface area (Å²) < 4.78 is 51.2. The van der Waals surface area contributed by atoms with Crippen molar-refractivity contribution in [2.75, 3.05) is 38.8 Å². The number of ether oxygens (including phenoxy) is 2. The molecule has 0 aliphatic carbocycles. The van der Waals surface area contributed by atoms with Gasteiger partial charge in [0.25, 0.3) is 0 Å². The lowest BCUT2D eigenvalue weighted by molar-refractivity contribution is 0.354. The van der Waals surface area contributed by atoms with Crippen molar-refractivity contribution in [1.82, 2.24) is 4.72 Å². The summed E-state index contributed by atoms with van der Waals surface area (Å²) in [6, 6.07) is 10.9. The molecule has 0 saturated carbocycles. The molecule has 1 unspecified atom stereocenters. The van der Waals surface area contributed by atoms with Gasteiger partial charge in [0.2, 0.25) is 10.0 Å². The molecule has 1 heterocycles. The molecule has 27 heavy (non-hydrogen) atoms. The first-order valence-corrected chi connectivity index (χ1v) is 10.1. The van der Waals surface area contributed by atoms with Gasteiger partial charge in [-0.2, -0.15) is 0 Å². The second-order valence-electron chi connectivity index (χ2n) is 6.45. The lowest BCUT2D eigenvalue weighted by Gasteiger charge is -2.19. The minimum Gasteiger partial charge on any atom is -0.493 e. The van der Waals surface area contributed by atoms with Gasteiger partial charge in [-0.25, -0.2) is 17.5 Å². The molecule has 0 radical (unpaired) electrons. The summed E-state index contributed by atoms with van der Waals surface area (Å²) in [7, 11) is -0.687. The molecular weight excluding hydrogens is 371 g/mol. The van der Waals surface area contributed by atoms with Gasteiger partial charge in [-0.1, -0.05) is 0 Å². The third-order valence-electron chi connectivity index (χ3n) is 4.70. The van der Waals surface area contributed by atoms with Gasteiger partial charge in [0.15, 0.2) is 11.5 Å². The summed E-state index contributed by atoms with van der Waals surface area (Å²) >= 11 is 0. The van der Waals surface area contributed by atoms with E-state index in [1.165, 1.54) is 38.5 Å². The van der Waals surface area contributed by atoms with Gasteiger partial charge in [-0.05, 0) is 48.7 Å². The van der Waals surface area contributed by atoms with E-state index in [1.807, 2.05) is 0 Å². The number of benzene rings is 2. The van der Waals surface area contributed by atoms with Crippen molar-refractivity contribution in [2.45, 2.75) is 11.3 Å². The Bertz CT molecular complexity index is 887. The maximum Gasteiger partial charge on any atom is 0.240 e. The molecule has 2 aromatic carbocycles. The number of methoxy groups -OCH3 is 2. The second-order valence-corrected chi connectivity index (χ2v) is 8.21. The zero-order chi connectivity index (χ0) is 19.4. The Kier molecular flexibility index (Phi) is 5.86. The van der Waals surface area contributed by atoms with Crippen molar-refractivity contribution in [1.29, 1.82) is 0 Å². The average Bonchev–Trinajstić information content (AvgIpc) is 3.15. The zero-order valence-corrected chi connectivity index (χ0v) is 16.1. The van der Waals surface area contributed by atoms with Crippen LogP contribution in [0.3, 0.4) is 0 Å². The molecule has 1 N–H and O–H groups in total.